The molecule has 0 spiro atoms. The Morgan fingerprint density at radius 2 is 2.03 bits per heavy atom. The highest BCUT2D eigenvalue weighted by Crippen LogP contribution is 2.26. The number of nitrogens with zero attached hydrogens (tertiary/aromatic N) is 5. The van der Waals surface area contributed by atoms with E-state index in [1.165, 1.54) is 0 Å². The molecule has 180 valence electrons. The molecule has 0 fully saturated rings. The van der Waals surface area contributed by atoms with Gasteiger partial charge in [-0.1, -0.05) is 23.7 Å². The Bertz CT molecular complexity index is 1430. The number of rotatable bonds is 6. The van der Waals surface area contributed by atoms with Crippen LogP contribution in [0.5, 0.6) is 5.75 Å². The first kappa shape index (κ1) is 22.9. The van der Waals surface area contributed by atoms with Crippen molar-refractivity contribution in [2.24, 2.45) is 0 Å². The first-order valence-corrected chi connectivity index (χ1v) is 11.7. The SMILES string of the molecule is CCOC(=O)c1nn(Cc2cccc(OC)c2)c2c1CN(C(=O)c1cn3cc(Cl)ccc3n1)CC2. The first-order chi connectivity index (χ1) is 17.0. The van der Waals surface area contributed by atoms with Gasteiger partial charge in [-0.3, -0.25) is 9.48 Å². The predicted molar refractivity (Wildman–Crippen MR) is 129 cm³/mol. The molecular weight excluding hydrogens is 470 g/mol. The second-order valence-corrected chi connectivity index (χ2v) is 8.66. The third-order valence-electron chi connectivity index (χ3n) is 5.99. The van der Waals surface area contributed by atoms with E-state index in [2.05, 4.69) is 10.1 Å². The maximum atomic E-state index is 13.3. The van der Waals surface area contributed by atoms with E-state index in [-0.39, 0.29) is 24.8 Å². The van der Waals surface area contributed by atoms with Crippen molar-refractivity contribution in [3.63, 3.8) is 0 Å². The van der Waals surface area contributed by atoms with Gasteiger partial charge in [0.05, 0.1) is 31.8 Å². The minimum atomic E-state index is -0.496. The lowest BCUT2D eigenvalue weighted by atomic mass is 10.0. The molecular formula is C25H24ClN5O4. The number of benzene rings is 1. The molecule has 1 aliphatic heterocycles. The number of esters is 1. The van der Waals surface area contributed by atoms with E-state index in [1.807, 2.05) is 28.9 Å². The molecule has 5 rings (SSSR count). The Morgan fingerprint density at radius 3 is 2.83 bits per heavy atom. The highest BCUT2D eigenvalue weighted by Gasteiger charge is 2.32. The summed E-state index contributed by atoms with van der Waals surface area (Å²) in [7, 11) is 1.62. The molecule has 0 atom stereocenters. The van der Waals surface area contributed by atoms with Crippen LogP contribution in [0.3, 0.4) is 0 Å². The van der Waals surface area contributed by atoms with Gasteiger partial charge in [-0.05, 0) is 36.8 Å². The number of amides is 1. The lowest BCUT2D eigenvalue weighted by molar-refractivity contribution is 0.0513. The van der Waals surface area contributed by atoms with Crippen molar-refractivity contribution in [3.05, 3.63) is 82.0 Å². The molecule has 10 heteroatoms. The van der Waals surface area contributed by atoms with Crippen LogP contribution in [0.25, 0.3) is 5.65 Å². The molecule has 0 N–H and O–H groups in total. The number of aromatic nitrogens is 4. The Balaban J connectivity index is 1.45. The highest BCUT2D eigenvalue weighted by molar-refractivity contribution is 6.30. The van der Waals surface area contributed by atoms with Crippen LogP contribution in [-0.4, -0.2) is 56.2 Å². The molecule has 9 nitrogen and oxygen atoms in total. The Labute approximate surface area is 206 Å². The van der Waals surface area contributed by atoms with E-state index < -0.39 is 5.97 Å². The van der Waals surface area contributed by atoms with Crippen LogP contribution in [0.2, 0.25) is 5.02 Å². The number of carbonyl (C=O) groups is 2. The molecule has 0 aliphatic carbocycles. The van der Waals surface area contributed by atoms with E-state index in [0.717, 1.165) is 17.0 Å². The monoisotopic (exact) mass is 493 g/mol. The number of pyridine rings is 1. The summed E-state index contributed by atoms with van der Waals surface area (Å²) < 4.78 is 14.1. The summed E-state index contributed by atoms with van der Waals surface area (Å²) in [5.74, 6) is 0.0373. The molecule has 0 bridgehead atoms. The number of fused-ring (bicyclic) bond motifs is 2. The second-order valence-electron chi connectivity index (χ2n) is 8.22. The van der Waals surface area contributed by atoms with Crippen LogP contribution < -0.4 is 4.74 Å². The van der Waals surface area contributed by atoms with Crippen molar-refractivity contribution in [2.75, 3.05) is 20.3 Å². The molecule has 4 aromatic rings. The molecule has 1 amide bonds. The third-order valence-corrected chi connectivity index (χ3v) is 6.21. The summed E-state index contributed by atoms with van der Waals surface area (Å²) in [6.07, 6.45) is 3.92. The number of methoxy groups -OCH3 is 1. The molecule has 1 aliphatic rings. The van der Waals surface area contributed by atoms with Crippen molar-refractivity contribution >= 4 is 29.1 Å². The van der Waals surface area contributed by atoms with Gasteiger partial charge in [0, 0.05) is 36.6 Å². The minimum absolute atomic E-state index is 0.217. The molecule has 35 heavy (non-hydrogen) atoms. The standard InChI is InChI=1S/C25H24ClN5O4/c1-3-35-25(33)23-19-14-29(24(32)20-15-30-13-17(26)7-8-22(30)27-20)10-9-21(19)31(28-23)12-16-5-4-6-18(11-16)34-2/h4-8,11,13,15H,3,9-10,12,14H2,1-2H3. The summed E-state index contributed by atoms with van der Waals surface area (Å²) in [5, 5.41) is 5.16. The van der Waals surface area contributed by atoms with Gasteiger partial charge in [0.25, 0.3) is 5.91 Å². The van der Waals surface area contributed by atoms with E-state index >= 15 is 0 Å². The van der Waals surface area contributed by atoms with Gasteiger partial charge in [-0.25, -0.2) is 9.78 Å². The number of hydrogen-bond donors (Lipinski definition) is 0. The van der Waals surface area contributed by atoms with Crippen LogP contribution in [-0.2, 0) is 24.2 Å². The lowest BCUT2D eigenvalue weighted by Crippen LogP contribution is -2.37. The number of halogens is 1. The van der Waals surface area contributed by atoms with Gasteiger partial charge in [-0.2, -0.15) is 5.10 Å². The van der Waals surface area contributed by atoms with Crippen molar-refractivity contribution in [2.45, 2.75) is 26.4 Å². The normalized spacial score (nSPS) is 13.1. The third kappa shape index (κ3) is 4.46. The lowest BCUT2D eigenvalue weighted by Gasteiger charge is -2.27. The summed E-state index contributed by atoms with van der Waals surface area (Å²) in [6, 6.07) is 11.2. The van der Waals surface area contributed by atoms with E-state index in [1.54, 1.807) is 47.9 Å². The minimum Gasteiger partial charge on any atom is -0.497 e. The van der Waals surface area contributed by atoms with Crippen LogP contribution in [0.1, 0.15) is 44.7 Å². The zero-order chi connectivity index (χ0) is 24.5. The first-order valence-electron chi connectivity index (χ1n) is 11.3. The highest BCUT2D eigenvalue weighted by atomic mass is 35.5. The average Bonchev–Trinajstić information content (AvgIpc) is 3.45. The van der Waals surface area contributed by atoms with Gasteiger partial charge in [0.1, 0.15) is 17.1 Å². The number of imidazole rings is 1. The van der Waals surface area contributed by atoms with Gasteiger partial charge < -0.3 is 18.8 Å². The summed E-state index contributed by atoms with van der Waals surface area (Å²) >= 11 is 6.06. The Hall–Kier alpha value is -3.85. The molecule has 0 saturated heterocycles. The zero-order valence-corrected chi connectivity index (χ0v) is 20.2. The van der Waals surface area contributed by atoms with Crippen molar-refractivity contribution in [1.29, 1.82) is 0 Å². The van der Waals surface area contributed by atoms with Gasteiger partial charge >= 0.3 is 5.97 Å². The summed E-state index contributed by atoms with van der Waals surface area (Å²) in [5.41, 5.74) is 3.81. The largest absolute Gasteiger partial charge is 0.497 e. The predicted octanol–water partition coefficient (Wildman–Crippen LogP) is 3.62. The quantitative estimate of drug-likeness (QED) is 0.381. The van der Waals surface area contributed by atoms with E-state index in [4.69, 9.17) is 21.1 Å². The summed E-state index contributed by atoms with van der Waals surface area (Å²) in [6.45, 7) is 3.19. The maximum Gasteiger partial charge on any atom is 0.359 e. The number of hydrogen-bond acceptors (Lipinski definition) is 6. The van der Waals surface area contributed by atoms with Crippen LogP contribution in [0, 0.1) is 0 Å². The van der Waals surface area contributed by atoms with Crippen molar-refractivity contribution < 1.29 is 19.1 Å². The molecule has 0 saturated carbocycles. The molecule has 3 aromatic heterocycles. The fourth-order valence-corrected chi connectivity index (χ4v) is 4.50. The average molecular weight is 494 g/mol. The number of carbonyl (C=O) groups excluding carboxylic acids is 2. The molecule has 0 radical (unpaired) electrons. The van der Waals surface area contributed by atoms with Gasteiger partial charge in [0.15, 0.2) is 5.69 Å². The van der Waals surface area contributed by atoms with E-state index in [0.29, 0.717) is 41.4 Å². The fraction of sp³-hybridized carbons (Fsp3) is 0.280. The van der Waals surface area contributed by atoms with Crippen molar-refractivity contribution in [3.8, 4) is 5.75 Å². The summed E-state index contributed by atoms with van der Waals surface area (Å²) in [4.78, 5) is 32.2. The Morgan fingerprint density at radius 1 is 1.17 bits per heavy atom. The van der Waals surface area contributed by atoms with Crippen LogP contribution in [0.4, 0.5) is 0 Å². The molecule has 0 unspecified atom stereocenters. The zero-order valence-electron chi connectivity index (χ0n) is 19.4. The number of ether oxygens (including phenoxy) is 2. The smallest absolute Gasteiger partial charge is 0.359 e. The fourth-order valence-electron chi connectivity index (χ4n) is 4.33. The van der Waals surface area contributed by atoms with Crippen molar-refractivity contribution in [1.82, 2.24) is 24.1 Å². The van der Waals surface area contributed by atoms with Gasteiger partial charge in [-0.15, -0.1) is 0 Å². The van der Waals surface area contributed by atoms with Crippen LogP contribution >= 0.6 is 11.6 Å². The Kier molecular flexibility index (Phi) is 6.17. The second kappa shape index (κ2) is 9.42. The topological polar surface area (TPSA) is 91.0 Å². The van der Waals surface area contributed by atoms with Gasteiger partial charge in [0.2, 0.25) is 0 Å². The molecule has 1 aromatic carbocycles. The van der Waals surface area contributed by atoms with Crippen LogP contribution in [0.15, 0.2) is 48.8 Å². The molecule has 4 heterocycles. The van der Waals surface area contributed by atoms with E-state index in [9.17, 15) is 9.59 Å². The maximum absolute atomic E-state index is 13.3.